The van der Waals surface area contributed by atoms with Crippen LogP contribution in [0.4, 0.5) is 5.69 Å². The quantitative estimate of drug-likeness (QED) is 0.479. The molecule has 0 saturated carbocycles. The van der Waals surface area contributed by atoms with E-state index in [1.54, 1.807) is 32.3 Å². The molecular weight excluding hydrogens is 468 g/mol. The van der Waals surface area contributed by atoms with Crippen LogP contribution in [0.25, 0.3) is 11.1 Å². The number of nitrogens with zero attached hydrogens (tertiary/aromatic N) is 1. The van der Waals surface area contributed by atoms with E-state index in [1.807, 2.05) is 30.3 Å². The average Bonchev–Trinajstić information content (AvgIpc) is 2.86. The number of rotatable bonds is 6. The summed E-state index contributed by atoms with van der Waals surface area (Å²) >= 11 is 0. The van der Waals surface area contributed by atoms with Crippen molar-refractivity contribution < 1.29 is 13.2 Å². The lowest BCUT2D eigenvalue weighted by atomic mass is 9.80. The Bertz CT molecular complexity index is 1430. The molecule has 186 valence electrons. The van der Waals surface area contributed by atoms with Crippen LogP contribution in [-0.2, 0) is 14.8 Å². The predicted octanol–water partition coefficient (Wildman–Crippen LogP) is 6.21. The molecule has 5 nitrogen and oxygen atoms in total. The Labute approximate surface area is 214 Å². The summed E-state index contributed by atoms with van der Waals surface area (Å²) in [6.07, 6.45) is 13.0. The number of hydrogen-bond donors (Lipinski definition) is 1. The van der Waals surface area contributed by atoms with Crippen LogP contribution in [0, 0.1) is 5.92 Å². The maximum atomic E-state index is 12.8. The van der Waals surface area contributed by atoms with Gasteiger partial charge in [-0.05, 0) is 95.0 Å². The van der Waals surface area contributed by atoms with Gasteiger partial charge in [0.2, 0.25) is 15.9 Å². The molecule has 0 aromatic heterocycles. The van der Waals surface area contributed by atoms with E-state index in [1.165, 1.54) is 16.0 Å². The van der Waals surface area contributed by atoms with Gasteiger partial charge in [0.05, 0.1) is 4.90 Å². The standard InChI is InChI=1S/C30H32N2O3S/c1-5-30(33)31-26-12-6-10-23(18-26)25-17-21(2)15-16-22-9-8-14-28(29(22)20-25)24-11-7-13-27(19-24)36(34,35)32(3)4/h5-7,10-14,16-21H,1,8-9,15H2,2-4H3,(H,31,33). The Morgan fingerprint density at radius 3 is 2.56 bits per heavy atom. The van der Waals surface area contributed by atoms with Crippen molar-refractivity contribution in [2.45, 2.75) is 31.1 Å². The summed E-state index contributed by atoms with van der Waals surface area (Å²) < 4.78 is 26.8. The minimum Gasteiger partial charge on any atom is -0.323 e. The highest BCUT2D eigenvalue weighted by atomic mass is 32.2. The van der Waals surface area contributed by atoms with Gasteiger partial charge in [0.1, 0.15) is 0 Å². The van der Waals surface area contributed by atoms with Crippen molar-refractivity contribution in [3.8, 4) is 0 Å². The fourth-order valence-corrected chi connectivity index (χ4v) is 5.48. The van der Waals surface area contributed by atoms with Crippen LogP contribution in [-0.4, -0.2) is 32.7 Å². The van der Waals surface area contributed by atoms with Crippen LogP contribution >= 0.6 is 0 Å². The van der Waals surface area contributed by atoms with Gasteiger partial charge in [0.25, 0.3) is 0 Å². The number of hydrogen-bond acceptors (Lipinski definition) is 3. The summed E-state index contributed by atoms with van der Waals surface area (Å²) in [6, 6.07) is 15.0. The number of sulfonamides is 1. The van der Waals surface area contributed by atoms with Crippen molar-refractivity contribution >= 4 is 32.8 Å². The number of carbonyl (C=O) groups excluding carboxylic acids is 1. The van der Waals surface area contributed by atoms with Gasteiger partial charge >= 0.3 is 0 Å². The molecule has 1 amide bonds. The maximum Gasteiger partial charge on any atom is 0.247 e. The second kappa shape index (κ2) is 10.6. The topological polar surface area (TPSA) is 66.5 Å². The molecule has 1 N–H and O–H groups in total. The third-order valence-corrected chi connectivity index (χ3v) is 8.28. The van der Waals surface area contributed by atoms with E-state index in [-0.39, 0.29) is 10.8 Å². The van der Waals surface area contributed by atoms with Gasteiger partial charge in [-0.1, -0.05) is 56.0 Å². The Morgan fingerprint density at radius 1 is 1.06 bits per heavy atom. The van der Waals surface area contributed by atoms with Crippen molar-refractivity contribution in [3.05, 3.63) is 108 Å². The molecule has 1 unspecified atom stereocenters. The highest BCUT2D eigenvalue weighted by Crippen LogP contribution is 2.40. The lowest BCUT2D eigenvalue weighted by Crippen LogP contribution is -2.22. The van der Waals surface area contributed by atoms with E-state index >= 15 is 0 Å². The van der Waals surface area contributed by atoms with Crippen molar-refractivity contribution in [2.75, 3.05) is 19.4 Å². The highest BCUT2D eigenvalue weighted by molar-refractivity contribution is 7.89. The first-order chi connectivity index (χ1) is 17.2. The number of nitrogens with one attached hydrogen (secondary N) is 1. The Kier molecular flexibility index (Phi) is 7.57. The molecule has 36 heavy (non-hydrogen) atoms. The molecule has 2 aliphatic carbocycles. The van der Waals surface area contributed by atoms with Gasteiger partial charge in [-0.3, -0.25) is 4.79 Å². The summed E-state index contributed by atoms with van der Waals surface area (Å²) in [4.78, 5) is 12.1. The molecule has 0 radical (unpaired) electrons. The third kappa shape index (κ3) is 5.50. The second-order valence-corrected chi connectivity index (χ2v) is 11.5. The second-order valence-electron chi connectivity index (χ2n) is 9.37. The van der Waals surface area contributed by atoms with Crippen LogP contribution in [0.2, 0.25) is 0 Å². The van der Waals surface area contributed by atoms with Crippen LogP contribution < -0.4 is 5.32 Å². The molecule has 4 rings (SSSR count). The zero-order valence-electron chi connectivity index (χ0n) is 21.0. The molecule has 1 atom stereocenters. The van der Waals surface area contributed by atoms with Gasteiger partial charge in [-0.15, -0.1) is 0 Å². The van der Waals surface area contributed by atoms with Crippen LogP contribution in [0.15, 0.2) is 102 Å². The normalized spacial score (nSPS) is 18.1. The highest BCUT2D eigenvalue weighted by Gasteiger charge is 2.22. The zero-order valence-corrected chi connectivity index (χ0v) is 21.8. The first-order valence-electron chi connectivity index (χ1n) is 12.1. The van der Waals surface area contributed by atoms with E-state index in [9.17, 15) is 13.2 Å². The fraction of sp³-hybridized carbons (Fsp3) is 0.233. The number of anilines is 1. The summed E-state index contributed by atoms with van der Waals surface area (Å²) in [6.45, 7) is 5.73. The van der Waals surface area contributed by atoms with Gasteiger partial charge in [0.15, 0.2) is 0 Å². The summed E-state index contributed by atoms with van der Waals surface area (Å²) in [5, 5.41) is 2.84. The van der Waals surface area contributed by atoms with E-state index in [0.29, 0.717) is 11.6 Å². The van der Waals surface area contributed by atoms with E-state index < -0.39 is 10.0 Å². The van der Waals surface area contributed by atoms with Gasteiger partial charge in [0, 0.05) is 19.8 Å². The molecule has 0 fully saturated rings. The first kappa shape index (κ1) is 25.6. The van der Waals surface area contributed by atoms with E-state index in [4.69, 9.17) is 0 Å². The van der Waals surface area contributed by atoms with Crippen LogP contribution in [0.5, 0.6) is 0 Å². The molecule has 6 heteroatoms. The molecule has 0 bridgehead atoms. The molecular formula is C30H32N2O3S. The summed E-state index contributed by atoms with van der Waals surface area (Å²) in [5.74, 6) is 0.0976. The SMILES string of the molecule is C=CC(=O)Nc1cccc(C2=CC(C)CC=C3CCC=C(c4cccc(S(=O)(=O)N(C)C)c4)C3=C2)c1. The molecule has 0 heterocycles. The molecule has 0 aliphatic heterocycles. The average molecular weight is 501 g/mol. The van der Waals surface area contributed by atoms with Crippen molar-refractivity contribution in [3.63, 3.8) is 0 Å². The molecule has 2 aliphatic rings. The minimum absolute atomic E-state index is 0.249. The molecule has 2 aromatic rings. The first-order valence-corrected chi connectivity index (χ1v) is 13.5. The van der Waals surface area contributed by atoms with Gasteiger partial charge in [-0.2, -0.15) is 0 Å². The van der Waals surface area contributed by atoms with Crippen molar-refractivity contribution in [1.29, 1.82) is 0 Å². The smallest absolute Gasteiger partial charge is 0.247 e. The lowest BCUT2D eigenvalue weighted by molar-refractivity contribution is -0.111. The number of carbonyl (C=O) groups is 1. The fourth-order valence-electron chi connectivity index (χ4n) is 4.54. The Morgan fingerprint density at radius 2 is 1.81 bits per heavy atom. The Hall–Kier alpha value is -3.48. The lowest BCUT2D eigenvalue weighted by Gasteiger charge is -2.25. The number of allylic oxidation sites excluding steroid dienone is 8. The zero-order chi connectivity index (χ0) is 25.9. The Balaban J connectivity index is 1.81. The van der Waals surface area contributed by atoms with Crippen LogP contribution in [0.1, 0.15) is 37.3 Å². The number of fused-ring (bicyclic) bond motifs is 1. The number of benzene rings is 2. The van der Waals surface area contributed by atoms with Gasteiger partial charge < -0.3 is 5.32 Å². The summed E-state index contributed by atoms with van der Waals surface area (Å²) in [7, 11) is -0.448. The van der Waals surface area contributed by atoms with Gasteiger partial charge in [-0.25, -0.2) is 12.7 Å². The van der Waals surface area contributed by atoms with Crippen molar-refractivity contribution in [2.24, 2.45) is 5.92 Å². The monoisotopic (exact) mass is 500 g/mol. The predicted molar refractivity (Wildman–Crippen MR) is 148 cm³/mol. The minimum atomic E-state index is -3.54. The molecule has 0 spiro atoms. The molecule has 2 aromatic carbocycles. The molecule has 0 saturated heterocycles. The van der Waals surface area contributed by atoms with Crippen LogP contribution in [0.3, 0.4) is 0 Å². The third-order valence-electron chi connectivity index (χ3n) is 6.47. The van der Waals surface area contributed by atoms with E-state index in [0.717, 1.165) is 47.1 Å². The van der Waals surface area contributed by atoms with E-state index in [2.05, 4.69) is 43.1 Å². The largest absolute Gasteiger partial charge is 0.323 e. The maximum absolute atomic E-state index is 12.8. The van der Waals surface area contributed by atoms with Crippen molar-refractivity contribution in [1.82, 2.24) is 4.31 Å². The summed E-state index contributed by atoms with van der Waals surface area (Å²) in [5.41, 5.74) is 7.10. The number of amides is 1.